The van der Waals surface area contributed by atoms with Crippen LogP contribution in [0.25, 0.3) is 0 Å². The Labute approximate surface area is 206 Å². The summed E-state index contributed by atoms with van der Waals surface area (Å²) in [6, 6.07) is 10.8. The second-order valence-electron chi connectivity index (χ2n) is 9.58. The lowest BCUT2D eigenvalue weighted by molar-refractivity contribution is -0.124. The first-order chi connectivity index (χ1) is 16.8. The van der Waals surface area contributed by atoms with E-state index in [2.05, 4.69) is 0 Å². The van der Waals surface area contributed by atoms with Gasteiger partial charge in [-0.15, -0.1) is 0 Å². The van der Waals surface area contributed by atoms with Gasteiger partial charge in [0.25, 0.3) is 0 Å². The highest BCUT2D eigenvalue weighted by Crippen LogP contribution is 2.37. The molecule has 0 bridgehead atoms. The Balaban J connectivity index is 1.38. The SMILES string of the molecule is COc1ccc(C)cc1N1C[C@H](C(=O)N2CCCc3cc(S(=O)(=O)N4CCCC4)ccc32)CC1=O. The van der Waals surface area contributed by atoms with Crippen molar-refractivity contribution in [2.75, 3.05) is 43.1 Å². The van der Waals surface area contributed by atoms with Gasteiger partial charge in [-0.2, -0.15) is 4.31 Å². The van der Waals surface area contributed by atoms with E-state index in [1.807, 2.05) is 25.1 Å². The number of ether oxygens (including phenoxy) is 1. The molecule has 3 aliphatic rings. The van der Waals surface area contributed by atoms with Crippen LogP contribution in [0.5, 0.6) is 5.75 Å². The van der Waals surface area contributed by atoms with E-state index >= 15 is 0 Å². The first-order valence-corrected chi connectivity index (χ1v) is 13.6. The third-order valence-corrected chi connectivity index (χ3v) is 9.13. The lowest BCUT2D eigenvalue weighted by Gasteiger charge is -2.32. The molecular formula is C26H31N3O5S. The monoisotopic (exact) mass is 497 g/mol. The van der Waals surface area contributed by atoms with Crippen LogP contribution in [0, 0.1) is 12.8 Å². The molecule has 186 valence electrons. The molecule has 0 aromatic heterocycles. The largest absolute Gasteiger partial charge is 0.495 e. The minimum atomic E-state index is -3.51. The summed E-state index contributed by atoms with van der Waals surface area (Å²) in [7, 11) is -1.94. The van der Waals surface area contributed by atoms with Gasteiger partial charge in [0.05, 0.1) is 23.6 Å². The molecule has 0 saturated carbocycles. The number of carbonyl (C=O) groups is 2. The van der Waals surface area contributed by atoms with E-state index in [9.17, 15) is 18.0 Å². The Morgan fingerprint density at radius 1 is 1.00 bits per heavy atom. The molecule has 5 rings (SSSR count). The summed E-state index contributed by atoms with van der Waals surface area (Å²) in [6.07, 6.45) is 3.39. The van der Waals surface area contributed by atoms with Crippen LogP contribution in [0.4, 0.5) is 11.4 Å². The number of benzene rings is 2. The van der Waals surface area contributed by atoms with Crippen molar-refractivity contribution in [3.8, 4) is 5.75 Å². The zero-order valence-electron chi connectivity index (χ0n) is 20.2. The van der Waals surface area contributed by atoms with Gasteiger partial charge in [-0.05, 0) is 74.1 Å². The van der Waals surface area contributed by atoms with E-state index < -0.39 is 15.9 Å². The summed E-state index contributed by atoms with van der Waals surface area (Å²) >= 11 is 0. The van der Waals surface area contributed by atoms with Crippen molar-refractivity contribution >= 4 is 33.2 Å². The van der Waals surface area contributed by atoms with Crippen molar-refractivity contribution < 1.29 is 22.7 Å². The number of rotatable bonds is 5. The fraction of sp³-hybridized carbons (Fsp3) is 0.462. The summed E-state index contributed by atoms with van der Waals surface area (Å²) in [6.45, 7) is 3.92. The standard InChI is InChI=1S/C26H31N3O5S/c1-18-7-10-24(34-2)23(14-18)29-17-20(16-25(29)30)26(31)28-13-5-6-19-15-21(8-9-22(19)28)35(32,33)27-11-3-4-12-27/h7-10,14-15,20H,3-6,11-13,16-17H2,1-2H3/t20-/m1/s1. The van der Waals surface area contributed by atoms with Crippen molar-refractivity contribution in [1.82, 2.24) is 4.31 Å². The van der Waals surface area contributed by atoms with E-state index in [0.717, 1.165) is 42.5 Å². The van der Waals surface area contributed by atoms with Gasteiger partial charge in [-0.1, -0.05) is 6.07 Å². The van der Waals surface area contributed by atoms with E-state index in [-0.39, 0.29) is 18.2 Å². The molecule has 2 aromatic carbocycles. The van der Waals surface area contributed by atoms with Gasteiger partial charge < -0.3 is 14.5 Å². The smallest absolute Gasteiger partial charge is 0.243 e. The third-order valence-electron chi connectivity index (χ3n) is 7.24. The molecule has 1 atom stereocenters. The fourth-order valence-electron chi connectivity index (χ4n) is 5.38. The number of aryl methyl sites for hydroxylation is 2. The fourth-order valence-corrected chi connectivity index (χ4v) is 6.95. The number of methoxy groups -OCH3 is 1. The Kier molecular flexibility index (Phi) is 6.31. The van der Waals surface area contributed by atoms with Crippen molar-refractivity contribution in [2.24, 2.45) is 5.92 Å². The number of nitrogens with zero attached hydrogens (tertiary/aromatic N) is 3. The first kappa shape index (κ1) is 23.8. The Hall–Kier alpha value is -2.91. The number of hydrogen-bond acceptors (Lipinski definition) is 5. The maximum absolute atomic E-state index is 13.6. The zero-order valence-corrected chi connectivity index (χ0v) is 21.0. The second-order valence-corrected chi connectivity index (χ2v) is 11.5. The molecule has 3 heterocycles. The minimum absolute atomic E-state index is 0.0939. The van der Waals surface area contributed by atoms with Crippen molar-refractivity contribution in [3.63, 3.8) is 0 Å². The number of sulfonamides is 1. The number of anilines is 2. The molecule has 3 aliphatic heterocycles. The average molecular weight is 498 g/mol. The highest BCUT2D eigenvalue weighted by molar-refractivity contribution is 7.89. The van der Waals surface area contributed by atoms with E-state index in [1.165, 1.54) is 0 Å². The van der Waals surface area contributed by atoms with Crippen LogP contribution >= 0.6 is 0 Å². The third kappa shape index (κ3) is 4.31. The quantitative estimate of drug-likeness (QED) is 0.634. The summed E-state index contributed by atoms with van der Waals surface area (Å²) in [5, 5.41) is 0. The van der Waals surface area contributed by atoms with Gasteiger partial charge in [0.1, 0.15) is 5.75 Å². The molecule has 9 heteroatoms. The molecule has 0 radical (unpaired) electrons. The average Bonchev–Trinajstić information content (AvgIpc) is 3.53. The molecule has 0 aliphatic carbocycles. The van der Waals surface area contributed by atoms with Gasteiger partial charge in [-0.3, -0.25) is 9.59 Å². The lowest BCUT2D eigenvalue weighted by Crippen LogP contribution is -2.40. The van der Waals surface area contributed by atoms with Crippen LogP contribution in [-0.4, -0.2) is 57.8 Å². The lowest BCUT2D eigenvalue weighted by atomic mass is 9.99. The Morgan fingerprint density at radius 3 is 2.51 bits per heavy atom. The Morgan fingerprint density at radius 2 is 1.77 bits per heavy atom. The molecule has 2 aromatic rings. The van der Waals surface area contributed by atoms with Crippen LogP contribution < -0.4 is 14.5 Å². The van der Waals surface area contributed by atoms with Gasteiger partial charge in [0.15, 0.2) is 0 Å². The Bertz CT molecular complexity index is 1270. The van der Waals surface area contributed by atoms with Crippen LogP contribution in [0.3, 0.4) is 0 Å². The van der Waals surface area contributed by atoms with Crippen molar-refractivity contribution in [3.05, 3.63) is 47.5 Å². The van der Waals surface area contributed by atoms with E-state index in [4.69, 9.17) is 4.74 Å². The van der Waals surface area contributed by atoms with Crippen molar-refractivity contribution in [1.29, 1.82) is 0 Å². The number of hydrogen-bond donors (Lipinski definition) is 0. The minimum Gasteiger partial charge on any atom is -0.495 e. The van der Waals surface area contributed by atoms with Crippen molar-refractivity contribution in [2.45, 2.75) is 43.9 Å². The predicted molar refractivity (Wildman–Crippen MR) is 133 cm³/mol. The van der Waals surface area contributed by atoms with Crippen LogP contribution in [0.2, 0.25) is 0 Å². The van der Waals surface area contributed by atoms with Crippen LogP contribution in [0.1, 0.15) is 36.8 Å². The molecule has 0 unspecified atom stereocenters. The zero-order chi connectivity index (χ0) is 24.7. The molecule has 0 spiro atoms. The highest BCUT2D eigenvalue weighted by Gasteiger charge is 2.39. The normalized spacial score (nSPS) is 20.9. The number of amides is 2. The van der Waals surface area contributed by atoms with E-state index in [1.54, 1.807) is 39.4 Å². The molecular weight excluding hydrogens is 466 g/mol. The molecule has 2 fully saturated rings. The van der Waals surface area contributed by atoms with Gasteiger partial charge in [0, 0.05) is 38.3 Å². The van der Waals surface area contributed by atoms with Gasteiger partial charge in [0.2, 0.25) is 21.8 Å². The summed E-state index contributed by atoms with van der Waals surface area (Å²) in [5.74, 6) is -0.0566. The highest BCUT2D eigenvalue weighted by atomic mass is 32.2. The van der Waals surface area contributed by atoms with Gasteiger partial charge in [-0.25, -0.2) is 8.42 Å². The molecule has 0 N–H and O–H groups in total. The van der Waals surface area contributed by atoms with Gasteiger partial charge >= 0.3 is 0 Å². The van der Waals surface area contributed by atoms with Crippen LogP contribution in [-0.2, 0) is 26.0 Å². The predicted octanol–water partition coefficient (Wildman–Crippen LogP) is 3.12. The number of fused-ring (bicyclic) bond motifs is 1. The maximum Gasteiger partial charge on any atom is 0.243 e. The first-order valence-electron chi connectivity index (χ1n) is 12.2. The summed E-state index contributed by atoms with van der Waals surface area (Å²) in [4.78, 5) is 30.2. The molecule has 2 amide bonds. The summed E-state index contributed by atoms with van der Waals surface area (Å²) in [5.41, 5.74) is 3.31. The van der Waals surface area contributed by atoms with E-state index in [0.29, 0.717) is 42.5 Å². The summed E-state index contributed by atoms with van der Waals surface area (Å²) < 4.78 is 33.0. The second kappa shape index (κ2) is 9.28. The molecule has 35 heavy (non-hydrogen) atoms. The number of carbonyl (C=O) groups excluding carboxylic acids is 2. The van der Waals surface area contributed by atoms with Crippen LogP contribution in [0.15, 0.2) is 41.3 Å². The molecule has 2 saturated heterocycles. The molecule has 8 nitrogen and oxygen atoms in total. The topological polar surface area (TPSA) is 87.2 Å². The maximum atomic E-state index is 13.6.